The number of hydrogen-bond acceptors (Lipinski definition) is 1. The largest absolute Gasteiger partial charge is 0.460 e. The van der Waals surface area contributed by atoms with Gasteiger partial charge in [-0.3, -0.25) is 0 Å². The van der Waals surface area contributed by atoms with Crippen molar-refractivity contribution in [2.75, 3.05) is 5.75 Å². The molecule has 0 fully saturated rings. The Labute approximate surface area is 241 Å². The first-order valence-electron chi connectivity index (χ1n) is 12.4. The van der Waals surface area contributed by atoms with E-state index in [-0.39, 0.29) is 12.8 Å². The van der Waals surface area contributed by atoms with Crippen molar-refractivity contribution in [3.05, 3.63) is 0 Å². The molecule has 0 aliphatic rings. The molecule has 0 rings (SSSR count). The molecule has 0 atom stereocenters. The van der Waals surface area contributed by atoms with Crippen molar-refractivity contribution >= 4 is 12.6 Å². The van der Waals surface area contributed by atoms with Crippen molar-refractivity contribution in [1.82, 2.24) is 0 Å². The number of halogens is 21. The highest BCUT2D eigenvalue weighted by molar-refractivity contribution is 7.80. The molecule has 0 amide bonds. The first-order valence-corrected chi connectivity index (χ1v) is 13.0. The van der Waals surface area contributed by atoms with Gasteiger partial charge in [0.2, 0.25) is 0 Å². The first kappa shape index (κ1) is 42.9. The topological polar surface area (TPSA) is 0 Å². The smallest absolute Gasteiger partial charge is 0.200 e. The normalized spacial score (nSPS) is 15.7. The minimum Gasteiger partial charge on any atom is -0.200 e. The first-order chi connectivity index (χ1) is 19.3. The third kappa shape index (κ3) is 7.38. The molecule has 0 saturated carbocycles. The molecule has 0 nitrogen and oxygen atoms in total. The van der Waals surface area contributed by atoms with Gasteiger partial charge in [0.1, 0.15) is 0 Å². The number of hydrogen-bond donors (Lipinski definition) is 1. The zero-order valence-electron chi connectivity index (χ0n) is 21.9. The quantitative estimate of drug-likeness (QED) is 0.0723. The van der Waals surface area contributed by atoms with E-state index in [0.717, 1.165) is 25.7 Å². The van der Waals surface area contributed by atoms with Crippen LogP contribution in [0.1, 0.15) is 70.6 Å². The van der Waals surface area contributed by atoms with E-state index in [2.05, 4.69) is 12.6 Å². The van der Waals surface area contributed by atoms with Crippen molar-refractivity contribution in [3.63, 3.8) is 0 Å². The lowest BCUT2D eigenvalue weighted by molar-refractivity contribution is -0.474. The fourth-order valence-corrected chi connectivity index (χ4v) is 3.84. The molecule has 0 aliphatic heterocycles. The highest BCUT2D eigenvalue weighted by atomic mass is 32.1. The molecule has 0 N–H and O–H groups in total. The van der Waals surface area contributed by atoms with Crippen LogP contribution >= 0.6 is 12.6 Å². The Balaban J connectivity index is 5.96. The van der Waals surface area contributed by atoms with E-state index in [4.69, 9.17) is 0 Å². The summed E-state index contributed by atoms with van der Waals surface area (Å²) in [6.45, 7) is 0. The Bertz CT molecular complexity index is 893. The van der Waals surface area contributed by atoms with E-state index in [1.54, 1.807) is 0 Å². The van der Waals surface area contributed by atoms with Crippen LogP contribution in [0.4, 0.5) is 92.2 Å². The summed E-state index contributed by atoms with van der Waals surface area (Å²) in [4.78, 5) is 0. The van der Waals surface area contributed by atoms with Gasteiger partial charge in [-0.05, 0) is 18.6 Å². The van der Waals surface area contributed by atoms with Gasteiger partial charge in [0.25, 0.3) is 0 Å². The second-order valence-electron chi connectivity index (χ2n) is 9.81. The molecule has 0 radical (unpaired) electrons. The van der Waals surface area contributed by atoms with Gasteiger partial charge >= 0.3 is 59.5 Å². The van der Waals surface area contributed by atoms with Crippen LogP contribution < -0.4 is 0 Å². The van der Waals surface area contributed by atoms with Crippen molar-refractivity contribution in [2.45, 2.75) is 130 Å². The Hall–Kier alpha value is -1.12. The summed E-state index contributed by atoms with van der Waals surface area (Å²) in [6.07, 6.45) is -7.52. The van der Waals surface area contributed by atoms with Crippen molar-refractivity contribution < 1.29 is 92.2 Å². The van der Waals surface area contributed by atoms with Crippen LogP contribution in [0, 0.1) is 0 Å². The van der Waals surface area contributed by atoms with Crippen LogP contribution in [0.25, 0.3) is 0 Å². The monoisotopic (exact) mass is 720 g/mol. The number of rotatable bonds is 20. The molecule has 0 aliphatic carbocycles. The minimum atomic E-state index is -9.14. The Morgan fingerprint density at radius 1 is 0.273 bits per heavy atom. The van der Waals surface area contributed by atoms with Crippen molar-refractivity contribution in [1.29, 1.82) is 0 Å². The second-order valence-corrected chi connectivity index (χ2v) is 10.3. The standard InChI is InChI=1S/C22H25F21S/c23-13(24,11-9-7-5-3-1-2-4-6-8-10-12-44)14(25,26)15(27,28)16(29,30)17(31,32)18(33,34)19(35,36)20(37,38)21(39,40)22(41,42)43/h44H,1-12H2. The molecule has 0 spiro atoms. The van der Waals surface area contributed by atoms with Crippen LogP contribution in [0.15, 0.2) is 0 Å². The van der Waals surface area contributed by atoms with E-state index < -0.39 is 78.7 Å². The molecule has 266 valence electrons. The second kappa shape index (κ2) is 13.9. The van der Waals surface area contributed by atoms with Gasteiger partial charge in [-0.2, -0.15) is 105 Å². The average Bonchev–Trinajstić information content (AvgIpc) is 2.85. The number of unbranched alkanes of at least 4 members (excludes halogenated alkanes) is 9. The van der Waals surface area contributed by atoms with Crippen LogP contribution in [0.2, 0.25) is 0 Å². The molecule has 0 heterocycles. The summed E-state index contributed by atoms with van der Waals surface area (Å²) in [7, 11) is 0. The molecule has 0 saturated heterocycles. The van der Waals surface area contributed by atoms with Crippen LogP contribution in [0.3, 0.4) is 0 Å². The van der Waals surface area contributed by atoms with E-state index in [9.17, 15) is 92.2 Å². The summed E-state index contributed by atoms with van der Waals surface area (Å²) < 4.78 is 281. The Morgan fingerprint density at radius 2 is 0.500 bits per heavy atom. The molecule has 0 bridgehead atoms. The molecular formula is C22H25F21S. The molecule has 44 heavy (non-hydrogen) atoms. The van der Waals surface area contributed by atoms with Crippen molar-refractivity contribution in [2.24, 2.45) is 0 Å². The summed E-state index contributed by atoms with van der Waals surface area (Å²) in [6, 6.07) is 0. The third-order valence-electron chi connectivity index (χ3n) is 6.47. The predicted molar refractivity (Wildman–Crippen MR) is 115 cm³/mol. The summed E-state index contributed by atoms with van der Waals surface area (Å²) in [5.41, 5.74) is 0. The maximum Gasteiger partial charge on any atom is 0.460 e. The lowest BCUT2D eigenvalue weighted by atomic mass is 9.85. The molecule has 0 aromatic carbocycles. The lowest BCUT2D eigenvalue weighted by Gasteiger charge is -2.44. The van der Waals surface area contributed by atoms with E-state index >= 15 is 0 Å². The predicted octanol–water partition coefficient (Wildman–Crippen LogP) is 11.5. The van der Waals surface area contributed by atoms with Gasteiger partial charge in [0, 0.05) is 6.42 Å². The van der Waals surface area contributed by atoms with E-state index in [1.165, 1.54) is 0 Å². The average molecular weight is 720 g/mol. The summed E-state index contributed by atoms with van der Waals surface area (Å²) >= 11 is 3.99. The van der Waals surface area contributed by atoms with Gasteiger partial charge in [-0.15, -0.1) is 0 Å². The minimum absolute atomic E-state index is 0.0268. The van der Waals surface area contributed by atoms with Crippen molar-refractivity contribution in [3.8, 4) is 0 Å². The van der Waals surface area contributed by atoms with Gasteiger partial charge in [-0.25, -0.2) is 0 Å². The molecule has 0 aromatic heterocycles. The molecule has 0 unspecified atom stereocenters. The summed E-state index contributed by atoms with van der Waals surface area (Å²) in [5, 5.41) is 0. The number of alkyl halides is 21. The number of thiol groups is 1. The van der Waals surface area contributed by atoms with Gasteiger partial charge in [0.15, 0.2) is 0 Å². The molecule has 0 aromatic rings. The van der Waals surface area contributed by atoms with Crippen LogP contribution in [0.5, 0.6) is 0 Å². The van der Waals surface area contributed by atoms with E-state index in [1.807, 2.05) is 0 Å². The SMILES string of the molecule is FC(F)(F)C(F)(F)C(F)(F)C(F)(F)C(F)(F)C(F)(F)C(F)(F)C(F)(F)C(F)(F)C(F)(F)CCCCCCCCCCCCS. The fraction of sp³-hybridized carbons (Fsp3) is 1.00. The van der Waals surface area contributed by atoms with Crippen LogP contribution in [-0.2, 0) is 0 Å². The maximum atomic E-state index is 13.9. The Kier molecular flexibility index (Phi) is 13.6. The maximum absolute atomic E-state index is 13.9. The third-order valence-corrected chi connectivity index (χ3v) is 6.79. The molecule has 22 heteroatoms. The highest BCUT2D eigenvalue weighted by Gasteiger charge is 2.97. The van der Waals surface area contributed by atoms with Gasteiger partial charge < -0.3 is 0 Å². The van der Waals surface area contributed by atoms with Crippen LogP contribution in [-0.4, -0.2) is 65.2 Å². The lowest BCUT2D eigenvalue weighted by Crippen LogP contribution is -2.76. The zero-order chi connectivity index (χ0) is 35.5. The Morgan fingerprint density at radius 3 is 0.773 bits per heavy atom. The molecular weight excluding hydrogens is 695 g/mol. The van der Waals surface area contributed by atoms with E-state index in [0.29, 0.717) is 18.6 Å². The van der Waals surface area contributed by atoms with Gasteiger partial charge in [-0.1, -0.05) is 51.4 Å². The highest BCUT2D eigenvalue weighted by Crippen LogP contribution is 2.66. The zero-order valence-corrected chi connectivity index (χ0v) is 22.8. The summed E-state index contributed by atoms with van der Waals surface area (Å²) in [5.74, 6) is -75.6. The van der Waals surface area contributed by atoms with Gasteiger partial charge in [0.05, 0.1) is 0 Å². The fourth-order valence-electron chi connectivity index (χ4n) is 3.62.